The van der Waals surface area contributed by atoms with Gasteiger partial charge in [0.15, 0.2) is 5.96 Å². The van der Waals surface area contributed by atoms with Crippen LogP contribution in [0.4, 0.5) is 0 Å². The van der Waals surface area contributed by atoms with Crippen molar-refractivity contribution >= 4 is 29.9 Å². The summed E-state index contributed by atoms with van der Waals surface area (Å²) in [4.78, 5) is 7.24. The van der Waals surface area contributed by atoms with Crippen molar-refractivity contribution in [2.45, 2.75) is 26.2 Å². The van der Waals surface area contributed by atoms with Crippen LogP contribution in [0, 0.1) is 5.92 Å². The second-order valence-electron chi connectivity index (χ2n) is 6.38. The average molecular weight is 486 g/mol. The van der Waals surface area contributed by atoms with Crippen molar-refractivity contribution in [3.8, 4) is 0 Å². The van der Waals surface area contributed by atoms with E-state index in [-0.39, 0.29) is 24.0 Å². The van der Waals surface area contributed by atoms with E-state index in [4.69, 9.17) is 19.2 Å². The van der Waals surface area contributed by atoms with Crippen LogP contribution in [0.5, 0.6) is 0 Å². The fourth-order valence-corrected chi connectivity index (χ4v) is 2.80. The molecule has 7 nitrogen and oxygen atoms in total. The summed E-state index contributed by atoms with van der Waals surface area (Å²) < 4.78 is 15.6. The first-order chi connectivity index (χ1) is 12.3. The number of piperidine rings is 1. The Morgan fingerprint density at radius 2 is 1.77 bits per heavy atom. The lowest BCUT2D eigenvalue weighted by Gasteiger charge is -2.31. The van der Waals surface area contributed by atoms with Crippen LogP contribution >= 0.6 is 24.0 Å². The number of ether oxygens (including phenoxy) is 3. The van der Waals surface area contributed by atoms with Crippen LogP contribution in [0.2, 0.25) is 0 Å². The van der Waals surface area contributed by atoms with Gasteiger partial charge < -0.3 is 29.7 Å². The number of guanidine groups is 1. The average Bonchev–Trinajstić information content (AvgIpc) is 2.64. The lowest BCUT2D eigenvalue weighted by atomic mass is 9.97. The molecular weight excluding hydrogens is 447 g/mol. The molecule has 1 saturated heterocycles. The van der Waals surface area contributed by atoms with Crippen molar-refractivity contribution in [1.29, 1.82) is 0 Å². The van der Waals surface area contributed by atoms with E-state index in [0.717, 1.165) is 64.9 Å². The predicted molar refractivity (Wildman–Crippen MR) is 118 cm³/mol. The number of hydrogen-bond donors (Lipinski definition) is 2. The third-order valence-corrected chi connectivity index (χ3v) is 4.36. The van der Waals surface area contributed by atoms with Crippen LogP contribution < -0.4 is 10.6 Å². The number of nitrogens with one attached hydrogen (secondary N) is 2. The Kier molecular flexibility index (Phi) is 18.1. The third-order valence-electron chi connectivity index (χ3n) is 4.36. The molecule has 0 radical (unpaired) electrons. The van der Waals surface area contributed by atoms with E-state index in [1.807, 2.05) is 0 Å². The molecule has 1 aliphatic rings. The molecule has 8 heteroatoms. The number of nitrogens with zero attached hydrogens (tertiary/aromatic N) is 2. The molecule has 0 amide bonds. The highest BCUT2D eigenvalue weighted by atomic mass is 127. The smallest absolute Gasteiger partial charge is 0.191 e. The SMILES string of the molecule is CCNC(=NCC1CCN(CCOC)CC1)NCCCOCCOC.I. The van der Waals surface area contributed by atoms with E-state index in [0.29, 0.717) is 19.1 Å². The minimum atomic E-state index is 0. The minimum Gasteiger partial charge on any atom is -0.383 e. The summed E-state index contributed by atoms with van der Waals surface area (Å²) in [5.41, 5.74) is 0. The van der Waals surface area contributed by atoms with Gasteiger partial charge in [0.1, 0.15) is 0 Å². The number of methoxy groups -OCH3 is 2. The number of aliphatic imine (C=N–C) groups is 1. The molecule has 0 atom stereocenters. The predicted octanol–water partition coefficient (Wildman–Crippen LogP) is 1.57. The Bertz CT molecular complexity index is 340. The molecule has 156 valence electrons. The first-order valence-corrected chi connectivity index (χ1v) is 9.60. The zero-order valence-electron chi connectivity index (χ0n) is 16.8. The Morgan fingerprint density at radius 1 is 1.04 bits per heavy atom. The molecular formula is C18H39IN4O3. The fourth-order valence-electron chi connectivity index (χ4n) is 2.80. The number of likely N-dealkylation sites (tertiary alicyclic amines) is 1. The zero-order chi connectivity index (χ0) is 18.2. The molecule has 1 fully saturated rings. The highest BCUT2D eigenvalue weighted by molar-refractivity contribution is 14.0. The monoisotopic (exact) mass is 486 g/mol. The largest absolute Gasteiger partial charge is 0.383 e. The summed E-state index contributed by atoms with van der Waals surface area (Å²) in [7, 11) is 3.45. The van der Waals surface area contributed by atoms with Gasteiger partial charge in [0.2, 0.25) is 0 Å². The summed E-state index contributed by atoms with van der Waals surface area (Å²) in [5.74, 6) is 1.60. The molecule has 2 N–H and O–H groups in total. The third kappa shape index (κ3) is 13.1. The number of rotatable bonds is 13. The van der Waals surface area contributed by atoms with Gasteiger partial charge in [-0.3, -0.25) is 4.99 Å². The normalized spacial score (nSPS) is 16.3. The molecule has 26 heavy (non-hydrogen) atoms. The summed E-state index contributed by atoms with van der Waals surface area (Å²) in [6, 6.07) is 0. The lowest BCUT2D eigenvalue weighted by Crippen LogP contribution is -2.39. The Hall–Kier alpha value is -0.160. The van der Waals surface area contributed by atoms with E-state index in [2.05, 4.69) is 22.5 Å². The molecule has 0 aromatic rings. The fraction of sp³-hybridized carbons (Fsp3) is 0.944. The van der Waals surface area contributed by atoms with Crippen LogP contribution in [0.25, 0.3) is 0 Å². The van der Waals surface area contributed by atoms with Gasteiger partial charge in [0.05, 0.1) is 19.8 Å². The van der Waals surface area contributed by atoms with E-state index in [9.17, 15) is 0 Å². The molecule has 1 aliphatic heterocycles. The Balaban J connectivity index is 0.00000625. The molecule has 0 aromatic heterocycles. The van der Waals surface area contributed by atoms with Crippen molar-refractivity contribution in [3.63, 3.8) is 0 Å². The molecule has 0 spiro atoms. The van der Waals surface area contributed by atoms with E-state index in [1.54, 1.807) is 14.2 Å². The van der Waals surface area contributed by atoms with Gasteiger partial charge in [-0.05, 0) is 45.2 Å². The van der Waals surface area contributed by atoms with Crippen LogP contribution in [0.3, 0.4) is 0 Å². The lowest BCUT2D eigenvalue weighted by molar-refractivity contribution is 0.0698. The Labute approximate surface area is 176 Å². The molecule has 0 bridgehead atoms. The summed E-state index contributed by atoms with van der Waals surface area (Å²) in [6.45, 7) is 11.0. The van der Waals surface area contributed by atoms with Crippen molar-refractivity contribution in [3.05, 3.63) is 0 Å². The molecule has 0 aliphatic carbocycles. The van der Waals surface area contributed by atoms with Crippen LogP contribution in [-0.4, -0.2) is 90.8 Å². The summed E-state index contributed by atoms with van der Waals surface area (Å²) in [6.07, 6.45) is 3.41. The topological polar surface area (TPSA) is 67.4 Å². The van der Waals surface area contributed by atoms with E-state index in [1.165, 1.54) is 12.8 Å². The van der Waals surface area contributed by atoms with Crippen LogP contribution in [0.1, 0.15) is 26.2 Å². The van der Waals surface area contributed by atoms with Crippen molar-refractivity contribution in [2.24, 2.45) is 10.9 Å². The Morgan fingerprint density at radius 3 is 2.42 bits per heavy atom. The van der Waals surface area contributed by atoms with E-state index >= 15 is 0 Å². The van der Waals surface area contributed by atoms with Gasteiger partial charge in [-0.25, -0.2) is 0 Å². The maximum absolute atomic E-state index is 5.47. The van der Waals surface area contributed by atoms with Gasteiger partial charge in [-0.15, -0.1) is 24.0 Å². The van der Waals surface area contributed by atoms with Gasteiger partial charge in [0.25, 0.3) is 0 Å². The summed E-state index contributed by atoms with van der Waals surface area (Å²) in [5, 5.41) is 6.71. The van der Waals surface area contributed by atoms with Crippen molar-refractivity contribution < 1.29 is 14.2 Å². The standard InChI is InChI=1S/C18H38N4O3.HI/c1-4-19-18(20-8-5-12-25-15-14-24-3)21-16-17-6-9-22(10-7-17)11-13-23-2;/h17H,4-16H2,1-3H3,(H2,19,20,21);1H. The zero-order valence-corrected chi connectivity index (χ0v) is 19.1. The molecule has 0 saturated carbocycles. The van der Waals surface area contributed by atoms with Crippen molar-refractivity contribution in [2.75, 3.05) is 79.9 Å². The second-order valence-corrected chi connectivity index (χ2v) is 6.38. The van der Waals surface area contributed by atoms with E-state index < -0.39 is 0 Å². The number of halogens is 1. The maximum Gasteiger partial charge on any atom is 0.191 e. The first-order valence-electron chi connectivity index (χ1n) is 9.60. The molecule has 0 aromatic carbocycles. The highest BCUT2D eigenvalue weighted by Gasteiger charge is 2.18. The van der Waals surface area contributed by atoms with Gasteiger partial charge in [-0.2, -0.15) is 0 Å². The van der Waals surface area contributed by atoms with Crippen LogP contribution in [0.15, 0.2) is 4.99 Å². The van der Waals surface area contributed by atoms with Crippen LogP contribution in [-0.2, 0) is 14.2 Å². The maximum atomic E-state index is 5.47. The summed E-state index contributed by atoms with van der Waals surface area (Å²) >= 11 is 0. The highest BCUT2D eigenvalue weighted by Crippen LogP contribution is 2.17. The molecule has 1 heterocycles. The van der Waals surface area contributed by atoms with Crippen molar-refractivity contribution in [1.82, 2.24) is 15.5 Å². The second kappa shape index (κ2) is 18.2. The van der Waals surface area contributed by atoms with Gasteiger partial charge in [0, 0.05) is 47.0 Å². The molecule has 1 rings (SSSR count). The number of hydrogen-bond acceptors (Lipinski definition) is 5. The van der Waals surface area contributed by atoms with Gasteiger partial charge >= 0.3 is 0 Å². The quantitative estimate of drug-likeness (QED) is 0.178. The molecule has 0 unspecified atom stereocenters. The van der Waals surface area contributed by atoms with Gasteiger partial charge in [-0.1, -0.05) is 0 Å². The first kappa shape index (κ1) is 25.8. The minimum absolute atomic E-state index is 0.